The number of aliphatic imine (C=N–C) groups is 1. The number of guanidine groups is 1. The summed E-state index contributed by atoms with van der Waals surface area (Å²) in [5.41, 5.74) is 6.61. The molecule has 0 aliphatic carbocycles. The van der Waals surface area contributed by atoms with Crippen molar-refractivity contribution in [3.05, 3.63) is 12.2 Å². The highest BCUT2D eigenvalue weighted by Crippen LogP contribution is 2.19. The summed E-state index contributed by atoms with van der Waals surface area (Å²) in [6.07, 6.45) is 2.99. The summed E-state index contributed by atoms with van der Waals surface area (Å²) in [5, 5.41) is 2.96. The molecular weight excluding hydrogens is 379 g/mol. The van der Waals surface area contributed by atoms with Crippen LogP contribution < -0.4 is 11.1 Å². The first kappa shape index (κ1) is 18.7. The zero-order valence-corrected chi connectivity index (χ0v) is 14.6. The second-order valence-corrected chi connectivity index (χ2v) is 6.64. The summed E-state index contributed by atoms with van der Waals surface area (Å²) in [5.74, 6) is 0.332. The van der Waals surface area contributed by atoms with E-state index in [-0.39, 0.29) is 30.0 Å². The van der Waals surface area contributed by atoms with E-state index >= 15 is 0 Å². The minimum absolute atomic E-state index is 0. The van der Waals surface area contributed by atoms with Gasteiger partial charge in [-0.3, -0.25) is 0 Å². The Morgan fingerprint density at radius 2 is 2.21 bits per heavy atom. The highest BCUT2D eigenvalue weighted by Gasteiger charge is 2.30. The van der Waals surface area contributed by atoms with Crippen molar-refractivity contribution < 1.29 is 8.42 Å². The normalized spacial score (nSPS) is 20.9. The molecule has 1 heterocycles. The number of nitrogens with one attached hydrogen (secondary N) is 1. The van der Waals surface area contributed by atoms with Gasteiger partial charge in [-0.2, -0.15) is 4.31 Å². The third-order valence-corrected chi connectivity index (χ3v) is 4.12. The van der Waals surface area contributed by atoms with Crippen LogP contribution in [-0.4, -0.2) is 50.6 Å². The standard InChI is InChI=1S/C11H22N4O2S.HI/c1-9(2)7-13-11(12)14-8-10-5-4-6-15(10)18(3,16)17;/h10H,1,4-8H2,2-3H3,(H3,12,13,14);1H/t10-;/m1./s1. The molecule has 6 nitrogen and oxygen atoms in total. The number of nitrogens with two attached hydrogens (primary N) is 1. The number of sulfonamides is 1. The maximum Gasteiger partial charge on any atom is 0.211 e. The molecular formula is C11H23IN4O2S. The van der Waals surface area contributed by atoms with Crippen molar-refractivity contribution >= 4 is 40.0 Å². The summed E-state index contributed by atoms with van der Waals surface area (Å²) in [4.78, 5) is 4.09. The van der Waals surface area contributed by atoms with Crippen molar-refractivity contribution in [2.45, 2.75) is 25.8 Å². The zero-order chi connectivity index (χ0) is 13.8. The van der Waals surface area contributed by atoms with E-state index in [0.29, 0.717) is 25.6 Å². The Balaban J connectivity index is 0.00000324. The number of halogens is 1. The fourth-order valence-electron chi connectivity index (χ4n) is 1.95. The van der Waals surface area contributed by atoms with E-state index in [2.05, 4.69) is 16.9 Å². The molecule has 0 radical (unpaired) electrons. The summed E-state index contributed by atoms with van der Waals surface area (Å²) < 4.78 is 24.6. The van der Waals surface area contributed by atoms with Crippen LogP contribution in [0, 0.1) is 0 Å². The van der Waals surface area contributed by atoms with E-state index in [1.165, 1.54) is 10.6 Å². The summed E-state index contributed by atoms with van der Waals surface area (Å²) in [6.45, 7) is 7.18. The van der Waals surface area contributed by atoms with Crippen LogP contribution in [0.25, 0.3) is 0 Å². The lowest BCUT2D eigenvalue weighted by molar-refractivity contribution is 0.388. The van der Waals surface area contributed by atoms with Crippen LogP contribution in [0.2, 0.25) is 0 Å². The van der Waals surface area contributed by atoms with Gasteiger partial charge in [-0.05, 0) is 19.8 Å². The smallest absolute Gasteiger partial charge is 0.211 e. The predicted octanol–water partition coefficient (Wildman–Crippen LogP) is 0.509. The van der Waals surface area contributed by atoms with Crippen LogP contribution in [0.1, 0.15) is 19.8 Å². The van der Waals surface area contributed by atoms with E-state index in [9.17, 15) is 8.42 Å². The Morgan fingerprint density at radius 1 is 1.58 bits per heavy atom. The zero-order valence-electron chi connectivity index (χ0n) is 11.4. The van der Waals surface area contributed by atoms with Crippen molar-refractivity contribution in [3.8, 4) is 0 Å². The Labute approximate surface area is 132 Å². The van der Waals surface area contributed by atoms with Gasteiger partial charge in [0.1, 0.15) is 0 Å². The molecule has 1 saturated heterocycles. The summed E-state index contributed by atoms with van der Waals surface area (Å²) in [6, 6.07) is -0.0291. The minimum Gasteiger partial charge on any atom is -0.370 e. The van der Waals surface area contributed by atoms with Crippen LogP contribution in [0.5, 0.6) is 0 Å². The molecule has 0 aromatic carbocycles. The Bertz CT molecular complexity index is 436. The largest absolute Gasteiger partial charge is 0.370 e. The molecule has 1 aliphatic heterocycles. The average molecular weight is 402 g/mol. The van der Waals surface area contributed by atoms with Gasteiger partial charge in [0.15, 0.2) is 5.96 Å². The van der Waals surface area contributed by atoms with Gasteiger partial charge in [0.25, 0.3) is 0 Å². The quantitative estimate of drug-likeness (QED) is 0.304. The van der Waals surface area contributed by atoms with Gasteiger partial charge in [-0.25, -0.2) is 13.4 Å². The summed E-state index contributed by atoms with van der Waals surface area (Å²) >= 11 is 0. The molecule has 1 fully saturated rings. The van der Waals surface area contributed by atoms with Crippen LogP contribution in [-0.2, 0) is 10.0 Å². The molecule has 0 aromatic rings. The third-order valence-electron chi connectivity index (χ3n) is 2.79. The number of rotatable bonds is 5. The maximum atomic E-state index is 11.5. The molecule has 0 aromatic heterocycles. The maximum absolute atomic E-state index is 11.5. The topological polar surface area (TPSA) is 87.8 Å². The highest BCUT2D eigenvalue weighted by atomic mass is 127. The van der Waals surface area contributed by atoms with Gasteiger partial charge in [-0.1, -0.05) is 12.2 Å². The second-order valence-electron chi connectivity index (χ2n) is 4.71. The predicted molar refractivity (Wildman–Crippen MR) is 89.3 cm³/mol. The molecule has 0 bridgehead atoms. The highest BCUT2D eigenvalue weighted by molar-refractivity contribution is 14.0. The fourth-order valence-corrected chi connectivity index (χ4v) is 3.13. The molecule has 1 rings (SSSR count). The fraction of sp³-hybridized carbons (Fsp3) is 0.727. The van der Waals surface area contributed by atoms with E-state index in [4.69, 9.17) is 5.73 Å². The van der Waals surface area contributed by atoms with Crippen molar-refractivity contribution in [2.24, 2.45) is 10.7 Å². The van der Waals surface area contributed by atoms with Crippen LogP contribution >= 0.6 is 24.0 Å². The number of nitrogens with zero attached hydrogens (tertiary/aromatic N) is 2. The Hall–Kier alpha value is -0.350. The Morgan fingerprint density at radius 3 is 2.74 bits per heavy atom. The molecule has 112 valence electrons. The number of hydrogen-bond acceptors (Lipinski definition) is 3. The van der Waals surface area contributed by atoms with E-state index in [1.54, 1.807) is 0 Å². The average Bonchev–Trinajstić information content (AvgIpc) is 2.71. The van der Waals surface area contributed by atoms with E-state index in [1.807, 2.05) is 6.92 Å². The first-order valence-electron chi connectivity index (χ1n) is 5.95. The monoisotopic (exact) mass is 402 g/mol. The van der Waals surface area contributed by atoms with Gasteiger partial charge in [0, 0.05) is 19.1 Å². The first-order chi connectivity index (χ1) is 8.30. The molecule has 1 atom stereocenters. The molecule has 0 amide bonds. The van der Waals surface area contributed by atoms with Crippen molar-refractivity contribution in [3.63, 3.8) is 0 Å². The SMILES string of the molecule is C=C(C)CN=C(N)NC[C@H]1CCCN1S(C)(=O)=O.I. The van der Waals surface area contributed by atoms with Gasteiger partial charge in [-0.15, -0.1) is 24.0 Å². The molecule has 3 N–H and O–H groups in total. The molecule has 8 heteroatoms. The van der Waals surface area contributed by atoms with Crippen LogP contribution in [0.4, 0.5) is 0 Å². The Kier molecular flexibility index (Phi) is 7.90. The van der Waals surface area contributed by atoms with Crippen LogP contribution in [0.3, 0.4) is 0 Å². The molecule has 0 unspecified atom stereocenters. The van der Waals surface area contributed by atoms with E-state index < -0.39 is 10.0 Å². The molecule has 0 spiro atoms. The van der Waals surface area contributed by atoms with Crippen molar-refractivity contribution in [2.75, 3.05) is 25.9 Å². The lowest BCUT2D eigenvalue weighted by atomic mass is 10.2. The minimum atomic E-state index is -3.13. The van der Waals surface area contributed by atoms with Gasteiger partial charge in [0.05, 0.1) is 12.8 Å². The van der Waals surface area contributed by atoms with Gasteiger partial charge < -0.3 is 11.1 Å². The first-order valence-corrected chi connectivity index (χ1v) is 7.80. The van der Waals surface area contributed by atoms with Gasteiger partial charge in [0.2, 0.25) is 10.0 Å². The molecule has 0 saturated carbocycles. The number of hydrogen-bond donors (Lipinski definition) is 2. The lowest BCUT2D eigenvalue weighted by Crippen LogP contribution is -2.44. The third kappa shape index (κ3) is 6.57. The van der Waals surface area contributed by atoms with Crippen molar-refractivity contribution in [1.29, 1.82) is 0 Å². The molecule has 1 aliphatic rings. The lowest BCUT2D eigenvalue weighted by Gasteiger charge is -2.22. The molecule has 19 heavy (non-hydrogen) atoms. The van der Waals surface area contributed by atoms with Crippen molar-refractivity contribution in [1.82, 2.24) is 9.62 Å². The summed E-state index contributed by atoms with van der Waals surface area (Å²) in [7, 11) is -3.13. The van der Waals surface area contributed by atoms with E-state index in [0.717, 1.165) is 18.4 Å². The van der Waals surface area contributed by atoms with Crippen LogP contribution in [0.15, 0.2) is 17.1 Å². The second kappa shape index (κ2) is 8.05. The van der Waals surface area contributed by atoms with Gasteiger partial charge >= 0.3 is 0 Å².